The van der Waals surface area contributed by atoms with Crippen LogP contribution < -0.4 is 25.0 Å². The summed E-state index contributed by atoms with van der Waals surface area (Å²) in [7, 11) is -1.81. The maximum absolute atomic E-state index is 12.3. The summed E-state index contributed by atoms with van der Waals surface area (Å²) in [6, 6.07) is 17.5. The van der Waals surface area contributed by atoms with E-state index in [1.165, 1.54) is 0 Å². The summed E-state index contributed by atoms with van der Waals surface area (Å²) in [6.45, 7) is 4.23. The van der Waals surface area contributed by atoms with Gasteiger partial charge in [-0.05, 0) is 50.1 Å². The van der Waals surface area contributed by atoms with Crippen LogP contribution in [-0.2, 0) is 10.0 Å². The fourth-order valence-corrected chi connectivity index (χ4v) is 5.57. The van der Waals surface area contributed by atoms with Crippen molar-refractivity contribution in [3.63, 3.8) is 0 Å². The van der Waals surface area contributed by atoms with E-state index in [9.17, 15) is 8.42 Å². The number of nitrogens with zero attached hydrogens (tertiary/aromatic N) is 4. The molecular weight excluding hydrogens is 530 g/mol. The predicted molar refractivity (Wildman–Crippen MR) is 158 cm³/mol. The summed E-state index contributed by atoms with van der Waals surface area (Å²) in [5.74, 6) is 1.03. The molecule has 0 aliphatic carbocycles. The number of ether oxygens (including phenoxy) is 1. The molecule has 3 heterocycles. The first-order chi connectivity index (χ1) is 19.4. The van der Waals surface area contributed by atoms with Crippen LogP contribution >= 0.6 is 0 Å². The number of aliphatic hydroxyl groups excluding tert-OH is 1. The molecule has 0 amide bonds. The average Bonchev–Trinajstić information content (AvgIpc) is 3.40. The number of methoxy groups -OCH3 is 1. The second kappa shape index (κ2) is 12.1. The van der Waals surface area contributed by atoms with E-state index in [0.29, 0.717) is 35.5 Å². The largest absolute Gasteiger partial charge is 0.494 e. The summed E-state index contributed by atoms with van der Waals surface area (Å²) in [5.41, 5.74) is 4.51. The quantitative estimate of drug-likeness (QED) is 0.216. The first-order valence-electron chi connectivity index (χ1n) is 13.4. The number of hydrogen-bond donors (Lipinski definition) is 4. The Morgan fingerprint density at radius 2 is 1.88 bits per heavy atom. The van der Waals surface area contributed by atoms with E-state index in [0.717, 1.165) is 48.5 Å². The molecule has 5 rings (SSSR count). The molecule has 0 unspecified atom stereocenters. The number of anilines is 4. The third kappa shape index (κ3) is 6.14. The van der Waals surface area contributed by atoms with Gasteiger partial charge < -0.3 is 25.4 Å². The van der Waals surface area contributed by atoms with Crippen LogP contribution in [0.3, 0.4) is 0 Å². The minimum atomic E-state index is -3.45. The van der Waals surface area contributed by atoms with Crippen molar-refractivity contribution in [1.82, 2.24) is 19.9 Å². The number of piperidine rings is 1. The average molecular weight is 566 g/mol. The molecule has 1 aliphatic rings. The second-order valence-electron chi connectivity index (χ2n) is 9.64. The first-order valence-corrected chi connectivity index (χ1v) is 15.0. The zero-order valence-corrected chi connectivity index (χ0v) is 23.5. The smallest absolute Gasteiger partial charge is 0.245 e. The maximum Gasteiger partial charge on any atom is 0.245 e. The van der Waals surface area contributed by atoms with Gasteiger partial charge in [-0.25, -0.2) is 17.9 Å². The third-order valence-corrected chi connectivity index (χ3v) is 8.37. The molecular formula is C28H35N7O4S. The molecule has 40 heavy (non-hydrogen) atoms. The van der Waals surface area contributed by atoms with Crippen LogP contribution in [0.2, 0.25) is 0 Å². The van der Waals surface area contributed by atoms with Crippen molar-refractivity contribution in [3.8, 4) is 17.0 Å². The lowest BCUT2D eigenvalue weighted by molar-refractivity contribution is 0.277. The molecule has 11 nitrogen and oxygen atoms in total. The Labute approximate surface area is 234 Å². The normalized spacial score (nSPS) is 14.4. The Hall–Kier alpha value is -3.87. The molecule has 212 valence electrons. The Kier molecular flexibility index (Phi) is 8.38. The van der Waals surface area contributed by atoms with Gasteiger partial charge in [0.05, 0.1) is 48.3 Å². The molecule has 4 N–H and O–H groups in total. The highest BCUT2D eigenvalue weighted by atomic mass is 32.2. The second-order valence-corrected chi connectivity index (χ2v) is 11.6. The third-order valence-electron chi connectivity index (χ3n) is 7.08. The van der Waals surface area contributed by atoms with Gasteiger partial charge in [0.25, 0.3) is 0 Å². The highest BCUT2D eigenvalue weighted by molar-refractivity contribution is 7.92. The zero-order chi connectivity index (χ0) is 28.1. The van der Waals surface area contributed by atoms with Crippen molar-refractivity contribution in [3.05, 3.63) is 60.8 Å². The van der Waals surface area contributed by atoms with Gasteiger partial charge >= 0.3 is 0 Å². The maximum atomic E-state index is 12.3. The van der Waals surface area contributed by atoms with Crippen LogP contribution in [-0.4, -0.2) is 73.3 Å². The minimum absolute atomic E-state index is 0.0206. The number of para-hydroxylation sites is 1. The lowest BCUT2D eigenvalue weighted by Gasteiger charge is -2.34. The van der Waals surface area contributed by atoms with Crippen LogP contribution in [0, 0.1) is 0 Å². The number of fused-ring (bicyclic) bond motifs is 1. The molecule has 0 radical (unpaired) electrons. The Bertz CT molecular complexity index is 1570. The van der Waals surface area contributed by atoms with Gasteiger partial charge in [-0.15, -0.1) is 5.10 Å². The molecule has 2 aromatic carbocycles. The molecule has 0 spiro atoms. The highest BCUT2D eigenvalue weighted by Crippen LogP contribution is 2.33. The van der Waals surface area contributed by atoms with Crippen molar-refractivity contribution < 1.29 is 18.3 Å². The van der Waals surface area contributed by atoms with Gasteiger partial charge in [0.2, 0.25) is 16.0 Å². The summed E-state index contributed by atoms with van der Waals surface area (Å²) >= 11 is 0. The van der Waals surface area contributed by atoms with Gasteiger partial charge in [-0.3, -0.25) is 4.72 Å². The van der Waals surface area contributed by atoms with E-state index < -0.39 is 10.0 Å². The summed E-state index contributed by atoms with van der Waals surface area (Å²) in [5, 5.41) is 20.4. The van der Waals surface area contributed by atoms with Crippen LogP contribution in [0.5, 0.6) is 5.75 Å². The van der Waals surface area contributed by atoms with Crippen molar-refractivity contribution in [2.75, 3.05) is 54.0 Å². The summed E-state index contributed by atoms with van der Waals surface area (Å²) in [6.07, 6.45) is 3.74. The van der Waals surface area contributed by atoms with E-state index >= 15 is 0 Å². The number of aliphatic hydroxyl groups is 1. The summed E-state index contributed by atoms with van der Waals surface area (Å²) < 4.78 is 34.7. The molecule has 0 bridgehead atoms. The van der Waals surface area contributed by atoms with Crippen LogP contribution in [0.25, 0.3) is 16.8 Å². The van der Waals surface area contributed by atoms with Crippen molar-refractivity contribution in [2.45, 2.75) is 25.8 Å². The lowest BCUT2D eigenvalue weighted by Crippen LogP contribution is -2.43. The van der Waals surface area contributed by atoms with Crippen LogP contribution in [0.15, 0.2) is 60.8 Å². The Morgan fingerprint density at radius 1 is 1.07 bits per heavy atom. The van der Waals surface area contributed by atoms with Gasteiger partial charge in [-0.1, -0.05) is 18.2 Å². The van der Waals surface area contributed by atoms with Crippen molar-refractivity contribution >= 4 is 38.6 Å². The van der Waals surface area contributed by atoms with E-state index in [2.05, 4.69) is 31.3 Å². The Morgan fingerprint density at radius 3 is 2.62 bits per heavy atom. The van der Waals surface area contributed by atoms with E-state index in [1.54, 1.807) is 36.9 Å². The van der Waals surface area contributed by atoms with Crippen LogP contribution in [0.4, 0.5) is 23.0 Å². The molecule has 2 aromatic heterocycles. The minimum Gasteiger partial charge on any atom is -0.494 e. The number of nitrogens with one attached hydrogen (secondary N) is 3. The summed E-state index contributed by atoms with van der Waals surface area (Å²) in [4.78, 5) is 6.82. The molecule has 1 fully saturated rings. The molecule has 0 atom stereocenters. The monoisotopic (exact) mass is 565 g/mol. The number of hydrogen-bond acceptors (Lipinski definition) is 9. The van der Waals surface area contributed by atoms with Crippen LogP contribution in [0.1, 0.15) is 19.8 Å². The lowest BCUT2D eigenvalue weighted by atomic mass is 10.0. The number of sulfonamides is 1. The Balaban J connectivity index is 1.38. The van der Waals surface area contributed by atoms with Crippen molar-refractivity contribution in [1.29, 1.82) is 0 Å². The molecule has 0 saturated carbocycles. The molecule has 1 aliphatic heterocycles. The number of aromatic nitrogens is 3. The van der Waals surface area contributed by atoms with Gasteiger partial charge in [0.1, 0.15) is 5.75 Å². The van der Waals surface area contributed by atoms with E-state index in [4.69, 9.17) is 14.9 Å². The molecule has 4 aromatic rings. The molecule has 12 heteroatoms. The van der Waals surface area contributed by atoms with Gasteiger partial charge in [-0.2, -0.15) is 0 Å². The topological polar surface area (TPSA) is 133 Å². The van der Waals surface area contributed by atoms with E-state index in [1.807, 2.05) is 36.4 Å². The zero-order valence-electron chi connectivity index (χ0n) is 22.7. The van der Waals surface area contributed by atoms with Gasteiger partial charge in [0, 0.05) is 43.0 Å². The highest BCUT2D eigenvalue weighted by Gasteiger charge is 2.20. The standard InChI is InChI=1S/C28H35N7O4S/c1-3-40(37,38)33-24-7-5-4-6-23(24)26-11-9-22-19-30-28(32-35(22)26)31-25-10-8-21(18-27(25)39-2)34-15-12-20(13-16-34)29-14-17-36/h4-11,18-20,29,33,36H,3,12-17H2,1-2H3,(H,31,32). The first kappa shape index (κ1) is 27.7. The fraction of sp³-hybridized carbons (Fsp3) is 0.357. The van der Waals surface area contributed by atoms with Crippen molar-refractivity contribution in [2.24, 2.45) is 0 Å². The number of rotatable bonds is 11. The van der Waals surface area contributed by atoms with Gasteiger partial charge in [0.15, 0.2) is 0 Å². The molecule has 1 saturated heterocycles. The van der Waals surface area contributed by atoms with E-state index in [-0.39, 0.29) is 12.4 Å². The SMILES string of the molecule is CCS(=O)(=O)Nc1ccccc1-c1ccc2cnc(Nc3ccc(N4CCC(NCCO)CC4)cc3OC)nn12. The predicted octanol–water partition coefficient (Wildman–Crippen LogP) is 3.46. The number of benzene rings is 2. The fourth-order valence-electron chi connectivity index (χ4n) is 4.91.